The third kappa shape index (κ3) is 1.98. The monoisotopic (exact) mass is 272 g/mol. The van der Waals surface area contributed by atoms with Gasteiger partial charge in [0, 0.05) is 0 Å². The van der Waals surface area contributed by atoms with Crippen molar-refractivity contribution in [2.45, 2.75) is 32.6 Å². The molecule has 0 spiro atoms. The highest BCUT2D eigenvalue weighted by Gasteiger charge is 2.24. The minimum Gasteiger partial charge on any atom is -0.0801 e. The summed E-state index contributed by atoms with van der Waals surface area (Å²) in [4.78, 5) is 0. The minimum atomic E-state index is 1.09. The first-order valence-electron chi connectivity index (χ1n) is 7.97. The average molecular weight is 272 g/mol. The summed E-state index contributed by atoms with van der Waals surface area (Å²) in [5, 5.41) is 0. The smallest absolute Gasteiger partial charge is 0.000730 e. The number of fused-ring (bicyclic) bond motifs is 3. The molecule has 21 heavy (non-hydrogen) atoms. The van der Waals surface area contributed by atoms with Crippen molar-refractivity contribution in [1.82, 2.24) is 0 Å². The van der Waals surface area contributed by atoms with E-state index in [1.54, 1.807) is 5.56 Å². The first-order valence-corrected chi connectivity index (χ1v) is 7.97. The van der Waals surface area contributed by atoms with E-state index >= 15 is 0 Å². The van der Waals surface area contributed by atoms with Crippen molar-refractivity contribution in [3.8, 4) is 11.1 Å². The number of rotatable bonds is 3. The predicted molar refractivity (Wildman–Crippen MR) is 90.4 cm³/mol. The first-order chi connectivity index (χ1) is 10.4. The van der Waals surface area contributed by atoms with Crippen molar-refractivity contribution in [3.05, 3.63) is 76.9 Å². The molecule has 0 nitrogen and oxygen atoms in total. The van der Waals surface area contributed by atoms with Gasteiger partial charge in [0.15, 0.2) is 0 Å². The van der Waals surface area contributed by atoms with Gasteiger partial charge in [0.1, 0.15) is 0 Å². The molecule has 0 bridgehead atoms. The Morgan fingerprint density at radius 2 is 1.90 bits per heavy atom. The van der Waals surface area contributed by atoms with Crippen LogP contribution in [0.2, 0.25) is 0 Å². The van der Waals surface area contributed by atoms with Gasteiger partial charge in [-0.3, -0.25) is 0 Å². The van der Waals surface area contributed by atoms with Gasteiger partial charge < -0.3 is 0 Å². The van der Waals surface area contributed by atoms with E-state index in [4.69, 9.17) is 0 Å². The van der Waals surface area contributed by atoms with Gasteiger partial charge in [0.2, 0.25) is 0 Å². The normalized spacial score (nSPS) is 15.0. The lowest BCUT2D eigenvalue weighted by Gasteiger charge is -2.16. The van der Waals surface area contributed by atoms with E-state index in [0.717, 1.165) is 12.8 Å². The van der Waals surface area contributed by atoms with Gasteiger partial charge in [-0.1, -0.05) is 68.0 Å². The van der Waals surface area contributed by atoms with Crippen LogP contribution in [0.1, 0.15) is 42.0 Å². The number of aryl methyl sites for hydroxylation is 1. The second kappa shape index (κ2) is 5.04. The van der Waals surface area contributed by atoms with Crippen LogP contribution in [-0.4, -0.2) is 0 Å². The zero-order valence-corrected chi connectivity index (χ0v) is 12.5. The molecule has 2 aromatic carbocycles. The molecule has 0 radical (unpaired) electrons. The van der Waals surface area contributed by atoms with Crippen molar-refractivity contribution in [3.63, 3.8) is 0 Å². The van der Waals surface area contributed by atoms with E-state index in [0.29, 0.717) is 0 Å². The maximum atomic E-state index is 2.36. The van der Waals surface area contributed by atoms with Crippen LogP contribution in [0.25, 0.3) is 16.7 Å². The molecule has 2 aromatic rings. The zero-order chi connectivity index (χ0) is 14.2. The van der Waals surface area contributed by atoms with E-state index in [2.05, 4.69) is 61.5 Å². The highest BCUT2D eigenvalue weighted by Crippen LogP contribution is 2.43. The van der Waals surface area contributed by atoms with Crippen LogP contribution in [0.4, 0.5) is 0 Å². The van der Waals surface area contributed by atoms with E-state index in [9.17, 15) is 0 Å². The Hall–Kier alpha value is -2.08. The second-order valence-electron chi connectivity index (χ2n) is 6.03. The summed E-state index contributed by atoms with van der Waals surface area (Å²) in [5.41, 5.74) is 10.5. The van der Waals surface area contributed by atoms with Crippen molar-refractivity contribution >= 4 is 5.57 Å². The lowest BCUT2D eigenvalue weighted by atomic mass is 9.88. The van der Waals surface area contributed by atoms with Gasteiger partial charge >= 0.3 is 0 Å². The van der Waals surface area contributed by atoms with Crippen molar-refractivity contribution < 1.29 is 0 Å². The Labute approximate surface area is 126 Å². The van der Waals surface area contributed by atoms with Gasteiger partial charge in [-0.05, 0) is 58.2 Å². The van der Waals surface area contributed by atoms with Crippen molar-refractivity contribution in [2.75, 3.05) is 0 Å². The molecule has 0 saturated heterocycles. The Bertz CT molecular complexity index is 760. The molecule has 0 aliphatic heterocycles. The Morgan fingerprint density at radius 3 is 2.71 bits per heavy atom. The third-order valence-corrected chi connectivity index (χ3v) is 4.69. The molecule has 0 fully saturated rings. The summed E-state index contributed by atoms with van der Waals surface area (Å²) in [6.07, 6.45) is 11.3. The van der Waals surface area contributed by atoms with Crippen LogP contribution < -0.4 is 0 Å². The van der Waals surface area contributed by atoms with Crippen LogP contribution in [0.3, 0.4) is 0 Å². The summed E-state index contributed by atoms with van der Waals surface area (Å²) in [5.74, 6) is 0. The summed E-state index contributed by atoms with van der Waals surface area (Å²) in [7, 11) is 0. The van der Waals surface area contributed by atoms with Crippen LogP contribution >= 0.6 is 0 Å². The molecule has 104 valence electrons. The van der Waals surface area contributed by atoms with Crippen LogP contribution in [0, 0.1) is 0 Å². The maximum absolute atomic E-state index is 2.36. The van der Waals surface area contributed by atoms with Gasteiger partial charge in [-0.2, -0.15) is 0 Å². The standard InChI is InChI=1S/C21H20/c1-2-7-15-12-13-19-18-11-6-5-10-17(18)14-20(19)21(15)16-8-3-4-9-16/h3-6,8,10-13H,2,7,9,14H2,1H3. The molecule has 0 saturated carbocycles. The fraction of sp³-hybridized carbons (Fsp3) is 0.238. The van der Waals surface area contributed by atoms with Gasteiger partial charge in [-0.25, -0.2) is 0 Å². The number of hydrogen-bond donors (Lipinski definition) is 0. The Balaban J connectivity index is 1.92. The van der Waals surface area contributed by atoms with Crippen LogP contribution in [0.5, 0.6) is 0 Å². The third-order valence-electron chi connectivity index (χ3n) is 4.69. The van der Waals surface area contributed by atoms with Gasteiger partial charge in [0.25, 0.3) is 0 Å². The molecule has 2 aliphatic rings. The predicted octanol–water partition coefficient (Wildman–Crippen LogP) is 5.55. The number of allylic oxidation sites excluding steroid dienone is 4. The van der Waals surface area contributed by atoms with E-state index in [1.807, 2.05) is 0 Å². The highest BCUT2D eigenvalue weighted by atomic mass is 14.3. The lowest BCUT2D eigenvalue weighted by Crippen LogP contribution is -1.99. The van der Waals surface area contributed by atoms with Crippen molar-refractivity contribution in [2.24, 2.45) is 0 Å². The van der Waals surface area contributed by atoms with E-state index < -0.39 is 0 Å². The molecule has 0 atom stereocenters. The zero-order valence-electron chi connectivity index (χ0n) is 12.5. The van der Waals surface area contributed by atoms with Gasteiger partial charge in [-0.15, -0.1) is 0 Å². The van der Waals surface area contributed by atoms with Crippen molar-refractivity contribution in [1.29, 1.82) is 0 Å². The highest BCUT2D eigenvalue weighted by molar-refractivity contribution is 5.86. The Morgan fingerprint density at radius 1 is 1.00 bits per heavy atom. The van der Waals surface area contributed by atoms with Crippen LogP contribution in [-0.2, 0) is 12.8 Å². The summed E-state index contributed by atoms with van der Waals surface area (Å²) < 4.78 is 0. The summed E-state index contributed by atoms with van der Waals surface area (Å²) in [6.45, 7) is 2.27. The van der Waals surface area contributed by atoms with E-state index in [-0.39, 0.29) is 0 Å². The Kier molecular flexibility index (Phi) is 3.03. The first kappa shape index (κ1) is 12.6. The minimum absolute atomic E-state index is 1.09. The largest absolute Gasteiger partial charge is 0.0801 e. The topological polar surface area (TPSA) is 0 Å². The molecule has 4 rings (SSSR count). The molecule has 0 N–H and O–H groups in total. The fourth-order valence-corrected chi connectivity index (χ4v) is 3.77. The molecule has 0 amide bonds. The fourth-order valence-electron chi connectivity index (χ4n) is 3.77. The molecular weight excluding hydrogens is 252 g/mol. The summed E-state index contributed by atoms with van der Waals surface area (Å²) in [6, 6.07) is 13.6. The maximum Gasteiger partial charge on any atom is -0.000730 e. The number of hydrogen-bond acceptors (Lipinski definition) is 0. The van der Waals surface area contributed by atoms with E-state index in [1.165, 1.54) is 46.2 Å². The quantitative estimate of drug-likeness (QED) is 0.586. The summed E-state index contributed by atoms with van der Waals surface area (Å²) >= 11 is 0. The number of benzene rings is 2. The molecule has 0 heteroatoms. The molecule has 0 aromatic heterocycles. The SMILES string of the molecule is CCCc1ccc2c(c1C1=CC=CC1)Cc1ccccc1-2. The molecular formula is C21H20. The van der Waals surface area contributed by atoms with Gasteiger partial charge in [0.05, 0.1) is 0 Å². The molecule has 0 unspecified atom stereocenters. The molecule has 2 aliphatic carbocycles. The van der Waals surface area contributed by atoms with Crippen LogP contribution in [0.15, 0.2) is 54.6 Å². The second-order valence-corrected chi connectivity index (χ2v) is 6.03. The average Bonchev–Trinajstić information content (AvgIpc) is 3.14. The molecule has 0 heterocycles. The lowest BCUT2D eigenvalue weighted by molar-refractivity contribution is 0.915.